The number of rotatable bonds is 29. The molecule has 0 amide bonds. The summed E-state index contributed by atoms with van der Waals surface area (Å²) in [5.41, 5.74) is 1.06. The van der Waals surface area contributed by atoms with E-state index in [2.05, 4.69) is 39.5 Å². The van der Waals surface area contributed by atoms with Gasteiger partial charge in [0.2, 0.25) is 17.8 Å². The van der Waals surface area contributed by atoms with Gasteiger partial charge in [-0.15, -0.1) is 0 Å². The van der Waals surface area contributed by atoms with Crippen LogP contribution in [0.2, 0.25) is 0 Å². The Bertz CT molecular complexity index is 1640. The zero-order valence-electron chi connectivity index (χ0n) is 37.0. The van der Waals surface area contributed by atoms with Crippen molar-refractivity contribution in [2.75, 3.05) is 80.4 Å². The number of hydrogen-bond donors (Lipinski definition) is 0. The fourth-order valence-corrected chi connectivity index (χ4v) is 4.61. The van der Waals surface area contributed by atoms with E-state index in [1.165, 1.54) is 41.5 Å². The van der Waals surface area contributed by atoms with E-state index in [1.54, 1.807) is 14.7 Å². The van der Waals surface area contributed by atoms with E-state index in [0.717, 1.165) is 0 Å². The highest BCUT2D eigenvalue weighted by Gasteiger charge is 2.28. The normalized spacial score (nSPS) is 11.4. The van der Waals surface area contributed by atoms with Crippen LogP contribution in [-0.2, 0) is 57.2 Å². The molecule has 0 N–H and O–H groups in total. The van der Waals surface area contributed by atoms with Crippen molar-refractivity contribution in [3.05, 3.63) is 72.9 Å². The fraction of sp³-hybridized carbons (Fsp3) is 0.512. The third kappa shape index (κ3) is 19.5. The molecule has 18 nitrogen and oxygen atoms in total. The fourth-order valence-electron chi connectivity index (χ4n) is 4.61. The standard InChI is InChI=1S/C43H62N6O12/c1-15-33(60-39(54)31(11)12)25-49(26-34(16-2)61-40(55)32(13)14)43-45-41(47(17-21-56-35(50)27(3)4)18-22-57-36(51)28(5)6)44-42(46-43)48(19-23-58-37(52)29(7)8)20-24-59-38(53)30(9)10/h33-34H,3,5,7,9,11,13,15-26H2,1-2,4,6,8,10,12,14H3. The van der Waals surface area contributed by atoms with E-state index in [-0.39, 0.29) is 117 Å². The second-order valence-electron chi connectivity index (χ2n) is 14.2. The third-order valence-electron chi connectivity index (χ3n) is 8.22. The van der Waals surface area contributed by atoms with Crippen molar-refractivity contribution in [1.82, 2.24) is 15.0 Å². The first-order chi connectivity index (χ1) is 28.6. The lowest BCUT2D eigenvalue weighted by atomic mass is 10.2. The molecule has 2 atom stereocenters. The van der Waals surface area contributed by atoms with Gasteiger partial charge < -0.3 is 43.1 Å². The van der Waals surface area contributed by atoms with Crippen molar-refractivity contribution in [2.45, 2.75) is 80.4 Å². The Labute approximate surface area is 358 Å². The van der Waals surface area contributed by atoms with Crippen LogP contribution in [-0.4, -0.2) is 129 Å². The van der Waals surface area contributed by atoms with Gasteiger partial charge in [0.15, 0.2) is 0 Å². The van der Waals surface area contributed by atoms with Gasteiger partial charge in [0.1, 0.15) is 38.6 Å². The molecule has 1 rings (SSSR count). The number of anilines is 3. The summed E-state index contributed by atoms with van der Waals surface area (Å²) in [6.45, 7) is 33.8. The molecule has 0 aliphatic carbocycles. The maximum Gasteiger partial charge on any atom is 0.333 e. The lowest BCUT2D eigenvalue weighted by Gasteiger charge is -2.32. The van der Waals surface area contributed by atoms with Gasteiger partial charge in [-0.3, -0.25) is 0 Å². The van der Waals surface area contributed by atoms with Crippen LogP contribution in [0.15, 0.2) is 72.9 Å². The summed E-state index contributed by atoms with van der Waals surface area (Å²) in [4.78, 5) is 94.2. The number of hydrogen-bond acceptors (Lipinski definition) is 18. The highest BCUT2D eigenvalue weighted by atomic mass is 16.6. The van der Waals surface area contributed by atoms with Crippen LogP contribution in [0.5, 0.6) is 0 Å². The van der Waals surface area contributed by atoms with Crippen LogP contribution in [0.3, 0.4) is 0 Å². The van der Waals surface area contributed by atoms with E-state index < -0.39 is 48.0 Å². The summed E-state index contributed by atoms with van der Waals surface area (Å²) in [6, 6.07) is 0. The minimum absolute atomic E-state index is 0.00155. The highest BCUT2D eigenvalue weighted by Crippen LogP contribution is 2.23. The lowest BCUT2D eigenvalue weighted by Crippen LogP contribution is -2.43. The highest BCUT2D eigenvalue weighted by molar-refractivity contribution is 5.89. The summed E-state index contributed by atoms with van der Waals surface area (Å²) in [5.74, 6) is -3.77. The molecule has 1 heterocycles. The van der Waals surface area contributed by atoms with Crippen molar-refractivity contribution >= 4 is 53.7 Å². The van der Waals surface area contributed by atoms with Gasteiger partial charge in [-0.2, -0.15) is 15.0 Å². The quantitative estimate of drug-likeness (QED) is 0.0615. The van der Waals surface area contributed by atoms with Crippen LogP contribution < -0.4 is 14.7 Å². The maximum absolute atomic E-state index is 12.7. The van der Waals surface area contributed by atoms with Crippen molar-refractivity contribution in [3.8, 4) is 0 Å². The first-order valence-electron chi connectivity index (χ1n) is 19.7. The molecule has 1 aromatic rings. The maximum atomic E-state index is 12.7. The topological polar surface area (TPSA) is 206 Å². The van der Waals surface area contributed by atoms with Crippen molar-refractivity contribution < 1.29 is 57.2 Å². The van der Waals surface area contributed by atoms with Crippen LogP contribution in [0.1, 0.15) is 68.2 Å². The van der Waals surface area contributed by atoms with Gasteiger partial charge in [-0.05, 0) is 54.4 Å². The Morgan fingerprint density at radius 3 is 0.869 bits per heavy atom. The number of esters is 6. The Morgan fingerprint density at radius 1 is 0.426 bits per heavy atom. The van der Waals surface area contributed by atoms with Crippen molar-refractivity contribution in [2.24, 2.45) is 0 Å². The molecule has 0 radical (unpaired) electrons. The smallest absolute Gasteiger partial charge is 0.333 e. The van der Waals surface area contributed by atoms with Crippen molar-refractivity contribution in [3.63, 3.8) is 0 Å². The molecular formula is C43H62N6O12. The summed E-state index contributed by atoms with van der Waals surface area (Å²) in [5, 5.41) is 0. The van der Waals surface area contributed by atoms with Gasteiger partial charge in [-0.1, -0.05) is 53.3 Å². The molecule has 0 aliphatic heterocycles. The Morgan fingerprint density at radius 2 is 0.656 bits per heavy atom. The molecule has 0 spiro atoms. The van der Waals surface area contributed by atoms with Gasteiger partial charge in [0, 0.05) is 33.4 Å². The number of carbonyl (C=O) groups is 6. The van der Waals surface area contributed by atoms with Crippen LogP contribution >= 0.6 is 0 Å². The zero-order chi connectivity index (χ0) is 46.4. The Hall–Kier alpha value is -6.33. The summed E-state index contributed by atoms with van der Waals surface area (Å²) < 4.78 is 33.1. The number of ether oxygens (including phenoxy) is 6. The molecule has 0 aliphatic rings. The molecule has 0 aromatic carbocycles. The summed E-state index contributed by atoms with van der Waals surface area (Å²) in [7, 11) is 0. The van der Waals surface area contributed by atoms with E-state index in [9.17, 15) is 28.8 Å². The minimum atomic E-state index is -0.736. The predicted octanol–water partition coefficient (Wildman–Crippen LogP) is 4.56. The lowest BCUT2D eigenvalue weighted by molar-refractivity contribution is -0.144. The number of carbonyl (C=O) groups excluding carboxylic acids is 6. The van der Waals surface area contributed by atoms with E-state index in [4.69, 9.17) is 43.4 Å². The zero-order valence-corrected chi connectivity index (χ0v) is 37.0. The summed E-state index contributed by atoms with van der Waals surface area (Å²) >= 11 is 0. The second kappa shape index (κ2) is 26.7. The minimum Gasteiger partial charge on any atom is -0.460 e. The van der Waals surface area contributed by atoms with Crippen LogP contribution in [0.4, 0.5) is 17.8 Å². The van der Waals surface area contributed by atoms with Crippen LogP contribution in [0.25, 0.3) is 0 Å². The average Bonchev–Trinajstić information content (AvgIpc) is 3.20. The number of aromatic nitrogens is 3. The van der Waals surface area contributed by atoms with Crippen molar-refractivity contribution in [1.29, 1.82) is 0 Å². The molecule has 18 heteroatoms. The third-order valence-corrected chi connectivity index (χ3v) is 8.22. The second-order valence-corrected chi connectivity index (χ2v) is 14.2. The first kappa shape index (κ1) is 52.7. The summed E-state index contributed by atoms with van der Waals surface area (Å²) in [6.07, 6.45) is -0.766. The molecule has 61 heavy (non-hydrogen) atoms. The Balaban J connectivity index is 4.16. The molecule has 1 aromatic heterocycles. The van der Waals surface area contributed by atoms with E-state index >= 15 is 0 Å². The average molecular weight is 855 g/mol. The van der Waals surface area contributed by atoms with E-state index in [0.29, 0.717) is 12.8 Å². The largest absolute Gasteiger partial charge is 0.460 e. The number of nitrogens with zero attached hydrogens (tertiary/aromatic N) is 6. The van der Waals surface area contributed by atoms with Gasteiger partial charge in [-0.25, -0.2) is 28.8 Å². The van der Waals surface area contributed by atoms with Crippen LogP contribution in [0, 0.1) is 0 Å². The monoisotopic (exact) mass is 854 g/mol. The molecule has 0 saturated heterocycles. The molecular weight excluding hydrogens is 793 g/mol. The van der Waals surface area contributed by atoms with Gasteiger partial charge in [0.25, 0.3) is 0 Å². The van der Waals surface area contributed by atoms with Gasteiger partial charge >= 0.3 is 35.8 Å². The molecule has 0 bridgehead atoms. The molecule has 0 saturated carbocycles. The van der Waals surface area contributed by atoms with E-state index in [1.807, 2.05) is 13.8 Å². The first-order valence-corrected chi connectivity index (χ1v) is 19.7. The molecule has 2 unspecified atom stereocenters. The Kier molecular flexibility index (Phi) is 23.1. The predicted molar refractivity (Wildman–Crippen MR) is 230 cm³/mol. The SMILES string of the molecule is C=C(C)C(=O)OCCN(CCOC(=O)C(=C)C)c1nc(N(CCOC(=O)C(=C)C)CCOC(=O)C(=C)C)nc(N(CC(CC)OC(=O)C(=C)C)CC(CC)OC(=O)C(=C)C)n1. The van der Waals surface area contributed by atoms with Gasteiger partial charge in [0.05, 0.1) is 39.3 Å². The molecule has 0 fully saturated rings. The molecule has 336 valence electrons.